The summed E-state index contributed by atoms with van der Waals surface area (Å²) in [7, 11) is 0. The Balaban J connectivity index is 1.94. The molecule has 4 heteroatoms. The molecule has 0 radical (unpaired) electrons. The van der Waals surface area contributed by atoms with Crippen molar-refractivity contribution < 1.29 is 9.53 Å². The van der Waals surface area contributed by atoms with Crippen LogP contribution in [0.5, 0.6) is 0 Å². The second-order valence-corrected chi connectivity index (χ2v) is 3.95. The summed E-state index contributed by atoms with van der Waals surface area (Å²) in [6.07, 6.45) is 4.58. The molecule has 1 aliphatic heterocycles. The Morgan fingerprint density at radius 1 is 1.43 bits per heavy atom. The highest BCUT2D eigenvalue weighted by molar-refractivity contribution is 6.27. The fourth-order valence-electron chi connectivity index (χ4n) is 1.70. The van der Waals surface area contributed by atoms with E-state index in [9.17, 15) is 4.79 Å². The summed E-state index contributed by atoms with van der Waals surface area (Å²) in [5, 5.41) is 2.77. The molecule has 0 saturated carbocycles. The van der Waals surface area contributed by atoms with Crippen LogP contribution < -0.4 is 5.32 Å². The van der Waals surface area contributed by atoms with E-state index in [1.807, 2.05) is 0 Å². The topological polar surface area (TPSA) is 38.3 Å². The van der Waals surface area contributed by atoms with Gasteiger partial charge in [-0.3, -0.25) is 4.79 Å². The Hall–Kier alpha value is -0.280. The third-order valence-electron chi connectivity index (χ3n) is 2.57. The van der Waals surface area contributed by atoms with Crippen LogP contribution in [-0.2, 0) is 9.53 Å². The average Bonchev–Trinajstić information content (AvgIpc) is 2.25. The second-order valence-electron chi connectivity index (χ2n) is 3.68. The molecule has 0 aromatic heterocycles. The van der Waals surface area contributed by atoms with Crippen LogP contribution in [0.4, 0.5) is 0 Å². The SMILES string of the molecule is O=C(CCl)NCCCC1CCOCC1. The molecule has 1 rings (SSSR count). The van der Waals surface area contributed by atoms with Gasteiger partial charge in [0.15, 0.2) is 0 Å². The molecule has 0 aliphatic carbocycles. The molecule has 0 aromatic carbocycles. The first-order valence-electron chi connectivity index (χ1n) is 5.23. The summed E-state index contributed by atoms with van der Waals surface area (Å²) < 4.78 is 5.27. The van der Waals surface area contributed by atoms with Crippen LogP contribution in [0.25, 0.3) is 0 Å². The van der Waals surface area contributed by atoms with Crippen molar-refractivity contribution in [1.29, 1.82) is 0 Å². The molecule has 1 aliphatic rings. The second kappa shape index (κ2) is 7.07. The molecule has 1 N–H and O–H groups in total. The lowest BCUT2D eigenvalue weighted by atomic mass is 9.95. The summed E-state index contributed by atoms with van der Waals surface area (Å²) in [5.41, 5.74) is 0. The molecule has 1 amide bonds. The zero-order valence-electron chi connectivity index (χ0n) is 8.43. The zero-order chi connectivity index (χ0) is 10.2. The Kier molecular flexibility index (Phi) is 5.96. The summed E-state index contributed by atoms with van der Waals surface area (Å²) in [4.78, 5) is 10.8. The first-order chi connectivity index (χ1) is 6.83. The van der Waals surface area contributed by atoms with Gasteiger partial charge in [-0.2, -0.15) is 0 Å². The summed E-state index contributed by atoms with van der Waals surface area (Å²) >= 11 is 5.35. The summed E-state index contributed by atoms with van der Waals surface area (Å²) in [5.74, 6) is 0.785. The van der Waals surface area contributed by atoms with Gasteiger partial charge in [-0.15, -0.1) is 11.6 Å². The van der Waals surface area contributed by atoms with E-state index >= 15 is 0 Å². The van der Waals surface area contributed by atoms with Crippen molar-refractivity contribution in [1.82, 2.24) is 5.32 Å². The van der Waals surface area contributed by atoms with Gasteiger partial charge >= 0.3 is 0 Å². The maximum Gasteiger partial charge on any atom is 0.234 e. The number of rotatable bonds is 5. The van der Waals surface area contributed by atoms with Gasteiger partial charge in [0.2, 0.25) is 5.91 Å². The van der Waals surface area contributed by atoms with Gasteiger partial charge in [0, 0.05) is 19.8 Å². The molecule has 0 unspecified atom stereocenters. The standard InChI is InChI=1S/C10H18ClNO2/c11-8-10(13)12-5-1-2-9-3-6-14-7-4-9/h9H,1-8H2,(H,12,13). The van der Waals surface area contributed by atoms with E-state index in [2.05, 4.69) is 5.32 Å². The van der Waals surface area contributed by atoms with Crippen molar-refractivity contribution in [2.24, 2.45) is 5.92 Å². The van der Waals surface area contributed by atoms with Crippen LogP contribution in [0.3, 0.4) is 0 Å². The van der Waals surface area contributed by atoms with Gasteiger partial charge in [0.25, 0.3) is 0 Å². The quantitative estimate of drug-likeness (QED) is 0.563. The highest BCUT2D eigenvalue weighted by atomic mass is 35.5. The molecule has 0 spiro atoms. The van der Waals surface area contributed by atoms with E-state index < -0.39 is 0 Å². The lowest BCUT2D eigenvalue weighted by Gasteiger charge is -2.21. The highest BCUT2D eigenvalue weighted by Crippen LogP contribution is 2.19. The molecule has 1 heterocycles. The van der Waals surface area contributed by atoms with Crippen LogP contribution in [0.15, 0.2) is 0 Å². The van der Waals surface area contributed by atoms with Crippen molar-refractivity contribution in [3.05, 3.63) is 0 Å². The molecular formula is C10H18ClNO2. The molecule has 14 heavy (non-hydrogen) atoms. The van der Waals surface area contributed by atoms with E-state index in [0.29, 0.717) is 0 Å². The molecule has 0 aromatic rings. The minimum absolute atomic E-state index is 0.0667. The molecule has 1 saturated heterocycles. The van der Waals surface area contributed by atoms with Gasteiger partial charge in [-0.1, -0.05) is 0 Å². The molecule has 1 fully saturated rings. The predicted molar refractivity (Wildman–Crippen MR) is 56.5 cm³/mol. The predicted octanol–water partition coefficient (Wildman–Crippen LogP) is 1.55. The number of carbonyl (C=O) groups excluding carboxylic acids is 1. The maximum atomic E-state index is 10.8. The molecular weight excluding hydrogens is 202 g/mol. The van der Waals surface area contributed by atoms with Crippen LogP contribution in [0.1, 0.15) is 25.7 Å². The van der Waals surface area contributed by atoms with Crippen LogP contribution in [0, 0.1) is 5.92 Å². The first kappa shape index (κ1) is 11.8. The number of nitrogens with one attached hydrogen (secondary N) is 1. The lowest BCUT2D eigenvalue weighted by Crippen LogP contribution is -2.26. The van der Waals surface area contributed by atoms with Crippen molar-refractivity contribution in [3.63, 3.8) is 0 Å². The minimum atomic E-state index is -0.0707. The Labute approximate surface area is 90.1 Å². The largest absolute Gasteiger partial charge is 0.381 e. The van der Waals surface area contributed by atoms with E-state index in [-0.39, 0.29) is 11.8 Å². The van der Waals surface area contributed by atoms with Crippen LogP contribution >= 0.6 is 11.6 Å². The maximum absolute atomic E-state index is 10.8. The van der Waals surface area contributed by atoms with Gasteiger partial charge in [-0.25, -0.2) is 0 Å². The van der Waals surface area contributed by atoms with Crippen molar-refractivity contribution in [3.8, 4) is 0 Å². The fraction of sp³-hybridized carbons (Fsp3) is 0.900. The monoisotopic (exact) mass is 219 g/mol. The Morgan fingerprint density at radius 2 is 2.14 bits per heavy atom. The summed E-state index contributed by atoms with van der Waals surface area (Å²) in [6.45, 7) is 2.56. The number of hydrogen-bond acceptors (Lipinski definition) is 2. The minimum Gasteiger partial charge on any atom is -0.381 e. The average molecular weight is 220 g/mol. The van der Waals surface area contributed by atoms with Gasteiger partial charge in [0.05, 0.1) is 0 Å². The Bertz CT molecular complexity index is 170. The van der Waals surface area contributed by atoms with Crippen molar-refractivity contribution in [2.45, 2.75) is 25.7 Å². The Morgan fingerprint density at radius 3 is 2.79 bits per heavy atom. The number of halogens is 1. The van der Waals surface area contributed by atoms with E-state index in [0.717, 1.165) is 32.1 Å². The zero-order valence-corrected chi connectivity index (χ0v) is 9.18. The van der Waals surface area contributed by atoms with Crippen molar-refractivity contribution >= 4 is 17.5 Å². The normalized spacial score (nSPS) is 18.1. The molecule has 0 bridgehead atoms. The van der Waals surface area contributed by atoms with E-state index in [4.69, 9.17) is 16.3 Å². The van der Waals surface area contributed by atoms with Crippen LogP contribution in [-0.4, -0.2) is 31.5 Å². The number of hydrogen-bond donors (Lipinski definition) is 1. The molecule has 0 atom stereocenters. The van der Waals surface area contributed by atoms with Crippen molar-refractivity contribution in [2.75, 3.05) is 25.6 Å². The third-order valence-corrected chi connectivity index (χ3v) is 2.82. The fourth-order valence-corrected chi connectivity index (χ4v) is 1.80. The molecule has 3 nitrogen and oxygen atoms in total. The summed E-state index contributed by atoms with van der Waals surface area (Å²) in [6, 6.07) is 0. The highest BCUT2D eigenvalue weighted by Gasteiger charge is 2.12. The number of amides is 1. The first-order valence-corrected chi connectivity index (χ1v) is 5.77. The van der Waals surface area contributed by atoms with Gasteiger partial charge in [0.1, 0.15) is 5.88 Å². The van der Waals surface area contributed by atoms with Gasteiger partial charge in [-0.05, 0) is 31.6 Å². The smallest absolute Gasteiger partial charge is 0.234 e. The van der Waals surface area contributed by atoms with E-state index in [1.165, 1.54) is 19.3 Å². The van der Waals surface area contributed by atoms with Gasteiger partial charge < -0.3 is 10.1 Å². The number of carbonyl (C=O) groups is 1. The number of ether oxygens (including phenoxy) is 1. The molecule has 82 valence electrons. The number of alkyl halides is 1. The lowest BCUT2D eigenvalue weighted by molar-refractivity contribution is -0.118. The van der Waals surface area contributed by atoms with E-state index in [1.54, 1.807) is 0 Å². The van der Waals surface area contributed by atoms with Crippen LogP contribution in [0.2, 0.25) is 0 Å². The third kappa shape index (κ3) is 4.82.